The van der Waals surface area contributed by atoms with Crippen molar-refractivity contribution in [1.82, 2.24) is 0 Å². The Morgan fingerprint density at radius 2 is 2.00 bits per heavy atom. The first-order chi connectivity index (χ1) is 6.80. The van der Waals surface area contributed by atoms with Crippen LogP contribution in [0.15, 0.2) is 22.7 Å². The van der Waals surface area contributed by atoms with Crippen molar-refractivity contribution in [3.05, 3.63) is 26.2 Å². The molecular formula is C8H4BrF3INO. The standard InChI is InChI=1S/C8H4BrF3INO/c9-5-3-4(13)1-2-6(5)14-7(15)8(10,11)12/h1-3H,(H,14,15). The maximum Gasteiger partial charge on any atom is 0.471 e. The van der Waals surface area contributed by atoms with Gasteiger partial charge in [-0.2, -0.15) is 13.2 Å². The molecule has 0 heterocycles. The fourth-order valence-electron chi connectivity index (χ4n) is 0.784. The molecule has 82 valence electrons. The van der Waals surface area contributed by atoms with E-state index in [9.17, 15) is 18.0 Å². The van der Waals surface area contributed by atoms with E-state index in [1.165, 1.54) is 6.07 Å². The van der Waals surface area contributed by atoms with Gasteiger partial charge < -0.3 is 5.32 Å². The summed E-state index contributed by atoms with van der Waals surface area (Å²) in [7, 11) is 0. The fraction of sp³-hybridized carbons (Fsp3) is 0.125. The van der Waals surface area contributed by atoms with E-state index in [2.05, 4.69) is 15.9 Å². The topological polar surface area (TPSA) is 29.1 Å². The predicted molar refractivity (Wildman–Crippen MR) is 61.5 cm³/mol. The highest BCUT2D eigenvalue weighted by atomic mass is 127. The fourth-order valence-corrected chi connectivity index (χ4v) is 2.18. The van der Waals surface area contributed by atoms with Crippen molar-refractivity contribution in [2.45, 2.75) is 6.18 Å². The van der Waals surface area contributed by atoms with Crippen LogP contribution < -0.4 is 5.32 Å². The first-order valence-electron chi connectivity index (χ1n) is 3.64. The summed E-state index contributed by atoms with van der Waals surface area (Å²) in [6.07, 6.45) is -4.87. The highest BCUT2D eigenvalue weighted by Gasteiger charge is 2.38. The van der Waals surface area contributed by atoms with Crippen LogP contribution in [0.25, 0.3) is 0 Å². The first-order valence-corrected chi connectivity index (χ1v) is 5.51. The van der Waals surface area contributed by atoms with Crippen LogP contribution in [0, 0.1) is 3.57 Å². The Kier molecular flexibility index (Phi) is 3.99. The third kappa shape index (κ3) is 3.63. The lowest BCUT2D eigenvalue weighted by atomic mass is 10.3. The number of rotatable bonds is 1. The van der Waals surface area contributed by atoms with E-state index in [1.54, 1.807) is 17.4 Å². The van der Waals surface area contributed by atoms with E-state index < -0.39 is 12.1 Å². The summed E-state index contributed by atoms with van der Waals surface area (Å²) < 4.78 is 37.0. The minimum absolute atomic E-state index is 0.0951. The zero-order valence-corrected chi connectivity index (χ0v) is 10.8. The van der Waals surface area contributed by atoms with Gasteiger partial charge in [0.05, 0.1) is 5.69 Å². The van der Waals surface area contributed by atoms with E-state index in [-0.39, 0.29) is 5.69 Å². The predicted octanol–water partition coefficient (Wildman–Crippen LogP) is 3.55. The summed E-state index contributed by atoms with van der Waals surface area (Å²) in [6, 6.07) is 4.60. The number of halogens is 5. The Bertz CT molecular complexity index is 394. The summed E-state index contributed by atoms with van der Waals surface area (Å²) in [5, 5.41) is 1.76. The average molecular weight is 394 g/mol. The van der Waals surface area contributed by atoms with Gasteiger partial charge in [0.2, 0.25) is 0 Å². The monoisotopic (exact) mass is 393 g/mol. The van der Waals surface area contributed by atoms with E-state index in [0.29, 0.717) is 4.47 Å². The van der Waals surface area contributed by atoms with Crippen molar-refractivity contribution in [2.75, 3.05) is 5.32 Å². The van der Waals surface area contributed by atoms with E-state index >= 15 is 0 Å². The molecule has 1 rings (SSSR count). The smallest absolute Gasteiger partial charge is 0.317 e. The maximum atomic E-state index is 11.9. The SMILES string of the molecule is O=C(Nc1ccc(I)cc1Br)C(F)(F)F. The second-order valence-electron chi connectivity index (χ2n) is 2.58. The van der Waals surface area contributed by atoms with Gasteiger partial charge in [0.25, 0.3) is 0 Å². The van der Waals surface area contributed by atoms with Gasteiger partial charge in [-0.25, -0.2) is 0 Å². The number of hydrogen-bond donors (Lipinski definition) is 1. The minimum atomic E-state index is -4.87. The molecule has 0 saturated heterocycles. The third-order valence-corrected chi connectivity index (χ3v) is 2.76. The number of benzene rings is 1. The lowest BCUT2D eigenvalue weighted by Gasteiger charge is -2.09. The van der Waals surface area contributed by atoms with Crippen LogP contribution in [0.1, 0.15) is 0 Å². The number of carbonyl (C=O) groups is 1. The molecule has 0 radical (unpaired) electrons. The zero-order valence-electron chi connectivity index (χ0n) is 7.03. The highest BCUT2D eigenvalue weighted by molar-refractivity contribution is 14.1. The van der Waals surface area contributed by atoms with Crippen LogP contribution in [0.3, 0.4) is 0 Å². The molecule has 0 aliphatic carbocycles. The molecule has 0 unspecified atom stereocenters. The van der Waals surface area contributed by atoms with Gasteiger partial charge in [0.15, 0.2) is 0 Å². The third-order valence-electron chi connectivity index (χ3n) is 1.44. The molecule has 1 aromatic rings. The normalized spacial score (nSPS) is 11.3. The molecule has 0 aromatic heterocycles. The molecule has 7 heteroatoms. The summed E-state index contributed by atoms with van der Waals surface area (Å²) in [5.41, 5.74) is 0.0951. The van der Waals surface area contributed by atoms with Crippen molar-refractivity contribution >= 4 is 50.1 Å². The van der Waals surface area contributed by atoms with E-state index in [4.69, 9.17) is 0 Å². The first kappa shape index (κ1) is 12.8. The van der Waals surface area contributed by atoms with Gasteiger partial charge in [0.1, 0.15) is 0 Å². The van der Waals surface area contributed by atoms with E-state index in [1.807, 2.05) is 22.6 Å². The minimum Gasteiger partial charge on any atom is -0.317 e. The Morgan fingerprint density at radius 1 is 1.40 bits per heavy atom. The van der Waals surface area contributed by atoms with Crippen LogP contribution >= 0.6 is 38.5 Å². The Labute approximate surface area is 105 Å². The molecule has 1 aromatic carbocycles. The van der Waals surface area contributed by atoms with Crippen LogP contribution in [0.4, 0.5) is 18.9 Å². The van der Waals surface area contributed by atoms with Gasteiger partial charge in [-0.1, -0.05) is 0 Å². The van der Waals surface area contributed by atoms with Crippen LogP contribution in [0.5, 0.6) is 0 Å². The number of carbonyl (C=O) groups excluding carboxylic acids is 1. The molecule has 1 amide bonds. The molecule has 0 saturated carbocycles. The van der Waals surface area contributed by atoms with Gasteiger partial charge in [-0.3, -0.25) is 4.79 Å². The van der Waals surface area contributed by atoms with Gasteiger partial charge in [0, 0.05) is 8.04 Å². The molecule has 0 aliphatic rings. The number of hydrogen-bond acceptors (Lipinski definition) is 1. The van der Waals surface area contributed by atoms with Gasteiger partial charge in [-0.05, 0) is 56.7 Å². The molecule has 0 aliphatic heterocycles. The maximum absolute atomic E-state index is 11.9. The van der Waals surface area contributed by atoms with Gasteiger partial charge >= 0.3 is 12.1 Å². The molecule has 0 fully saturated rings. The highest BCUT2D eigenvalue weighted by Crippen LogP contribution is 2.26. The van der Waals surface area contributed by atoms with Crippen molar-refractivity contribution in [1.29, 1.82) is 0 Å². The molecule has 15 heavy (non-hydrogen) atoms. The number of alkyl halides is 3. The number of amides is 1. The van der Waals surface area contributed by atoms with E-state index in [0.717, 1.165) is 3.57 Å². The molecule has 0 atom stereocenters. The second kappa shape index (κ2) is 4.69. The van der Waals surface area contributed by atoms with Crippen molar-refractivity contribution in [2.24, 2.45) is 0 Å². The second-order valence-corrected chi connectivity index (χ2v) is 4.68. The Morgan fingerprint density at radius 3 is 2.47 bits per heavy atom. The lowest BCUT2D eigenvalue weighted by Crippen LogP contribution is -2.30. The zero-order chi connectivity index (χ0) is 11.6. The quantitative estimate of drug-likeness (QED) is 0.726. The van der Waals surface area contributed by atoms with Crippen LogP contribution in [-0.4, -0.2) is 12.1 Å². The molecule has 0 spiro atoms. The summed E-state index contributed by atoms with van der Waals surface area (Å²) in [6.45, 7) is 0. The molecular weight excluding hydrogens is 390 g/mol. The molecule has 2 nitrogen and oxygen atoms in total. The largest absolute Gasteiger partial charge is 0.471 e. The van der Waals surface area contributed by atoms with Crippen molar-refractivity contribution in [3.63, 3.8) is 0 Å². The molecule has 0 bridgehead atoms. The lowest BCUT2D eigenvalue weighted by molar-refractivity contribution is -0.167. The summed E-state index contributed by atoms with van der Waals surface area (Å²) in [5.74, 6) is -1.98. The van der Waals surface area contributed by atoms with Crippen molar-refractivity contribution < 1.29 is 18.0 Å². The number of nitrogens with one attached hydrogen (secondary N) is 1. The van der Waals surface area contributed by atoms with Crippen LogP contribution in [0.2, 0.25) is 0 Å². The Hall–Kier alpha value is -0.310. The summed E-state index contributed by atoms with van der Waals surface area (Å²) >= 11 is 5.06. The Balaban J connectivity index is 2.87. The van der Waals surface area contributed by atoms with Crippen LogP contribution in [-0.2, 0) is 4.79 Å². The van der Waals surface area contributed by atoms with Gasteiger partial charge in [-0.15, -0.1) is 0 Å². The summed E-state index contributed by atoms with van der Waals surface area (Å²) in [4.78, 5) is 10.6. The number of anilines is 1. The molecule has 1 N–H and O–H groups in total. The average Bonchev–Trinajstić information content (AvgIpc) is 2.08. The van der Waals surface area contributed by atoms with Crippen molar-refractivity contribution in [3.8, 4) is 0 Å².